The van der Waals surface area contributed by atoms with Crippen molar-refractivity contribution in [1.29, 1.82) is 0 Å². The Balaban J connectivity index is 3.10. The smallest absolute Gasteiger partial charge is 0.410 e. The van der Waals surface area contributed by atoms with Crippen LogP contribution in [0.15, 0.2) is 12.1 Å². The minimum absolute atomic E-state index is 0.0468. The number of aryl methyl sites for hydroxylation is 1. The molecule has 86 valence electrons. The molecule has 0 unspecified atom stereocenters. The quantitative estimate of drug-likeness (QED) is 0.446. The first-order valence-electron chi connectivity index (χ1n) is 4.39. The number of nitrogens with two attached hydrogens (primary N) is 1. The molecule has 1 rings (SSSR count). The Morgan fingerprint density at radius 2 is 2.19 bits per heavy atom. The number of carbonyl (C=O) groups is 1. The minimum atomic E-state index is -0.656. The number of amides is 1. The third kappa shape index (κ3) is 2.38. The lowest BCUT2D eigenvalue weighted by Gasteiger charge is -2.07. The van der Waals surface area contributed by atoms with Crippen LogP contribution in [-0.2, 0) is 0 Å². The van der Waals surface area contributed by atoms with E-state index in [2.05, 4.69) is 5.32 Å². The van der Waals surface area contributed by atoms with Crippen LogP contribution in [0, 0.1) is 17.0 Å². The monoisotopic (exact) mass is 225 g/mol. The summed E-state index contributed by atoms with van der Waals surface area (Å²) in [4.78, 5) is 20.9. The molecule has 1 aromatic rings. The Morgan fingerprint density at radius 3 is 2.69 bits per heavy atom. The topological polar surface area (TPSA) is 107 Å². The molecule has 1 aromatic carbocycles. The number of hydrogen-bond donors (Lipinski definition) is 2. The fourth-order valence-corrected chi connectivity index (χ4v) is 1.11. The van der Waals surface area contributed by atoms with Crippen molar-refractivity contribution in [3.8, 4) is 5.75 Å². The van der Waals surface area contributed by atoms with Crippen molar-refractivity contribution in [3.05, 3.63) is 27.8 Å². The average Bonchev–Trinajstić information content (AvgIpc) is 2.22. The maximum Gasteiger partial charge on any atom is 0.412 e. The van der Waals surface area contributed by atoms with Crippen LogP contribution in [0.3, 0.4) is 0 Å². The van der Waals surface area contributed by atoms with Crippen LogP contribution in [0.1, 0.15) is 5.56 Å². The van der Waals surface area contributed by atoms with Gasteiger partial charge in [0.1, 0.15) is 11.4 Å². The zero-order valence-electron chi connectivity index (χ0n) is 8.81. The molecule has 7 heteroatoms. The summed E-state index contributed by atoms with van der Waals surface area (Å²) in [5.74, 6) is 0.197. The molecule has 0 aliphatic heterocycles. The molecule has 16 heavy (non-hydrogen) atoms. The molecule has 0 atom stereocenters. The summed E-state index contributed by atoms with van der Waals surface area (Å²) in [5.41, 5.74) is 5.66. The van der Waals surface area contributed by atoms with E-state index in [-0.39, 0.29) is 17.1 Å². The van der Waals surface area contributed by atoms with Gasteiger partial charge in [0.25, 0.3) is 5.69 Å². The maximum atomic E-state index is 11.0. The van der Waals surface area contributed by atoms with E-state index in [0.717, 1.165) is 0 Å². The van der Waals surface area contributed by atoms with Gasteiger partial charge in [-0.1, -0.05) is 0 Å². The number of rotatable bonds is 2. The molecule has 0 saturated heterocycles. The number of carbonyl (C=O) groups excluding carboxylic acids is 1. The second-order valence-corrected chi connectivity index (χ2v) is 3.07. The van der Waals surface area contributed by atoms with Crippen molar-refractivity contribution < 1.29 is 14.5 Å². The fraction of sp³-hybridized carbons (Fsp3) is 0.222. The van der Waals surface area contributed by atoms with Crippen LogP contribution in [0.5, 0.6) is 5.75 Å². The molecule has 0 radical (unpaired) electrons. The van der Waals surface area contributed by atoms with Crippen molar-refractivity contribution >= 4 is 17.5 Å². The van der Waals surface area contributed by atoms with Gasteiger partial charge in [-0.25, -0.2) is 4.79 Å². The van der Waals surface area contributed by atoms with Gasteiger partial charge in [0.15, 0.2) is 0 Å². The van der Waals surface area contributed by atoms with Crippen LogP contribution in [-0.4, -0.2) is 18.1 Å². The summed E-state index contributed by atoms with van der Waals surface area (Å²) in [7, 11) is 1.41. The van der Waals surface area contributed by atoms with Crippen LogP contribution < -0.4 is 15.8 Å². The SMILES string of the molecule is CNC(=O)Oc1cc(N)c([N+](=O)[O-])cc1C. The zero-order chi connectivity index (χ0) is 12.3. The number of nitrogen functional groups attached to an aromatic ring is 1. The highest BCUT2D eigenvalue weighted by molar-refractivity contribution is 5.72. The third-order valence-corrected chi connectivity index (χ3v) is 1.93. The van der Waals surface area contributed by atoms with Gasteiger partial charge in [-0.15, -0.1) is 0 Å². The molecule has 0 spiro atoms. The third-order valence-electron chi connectivity index (χ3n) is 1.93. The number of nitro groups is 1. The lowest BCUT2D eigenvalue weighted by atomic mass is 10.2. The van der Waals surface area contributed by atoms with Crippen molar-refractivity contribution in [1.82, 2.24) is 5.32 Å². The first-order chi connectivity index (χ1) is 7.45. The molecule has 0 saturated carbocycles. The summed E-state index contributed by atoms with van der Waals surface area (Å²) in [6, 6.07) is 2.51. The number of anilines is 1. The van der Waals surface area contributed by atoms with E-state index in [1.165, 1.54) is 19.2 Å². The Hall–Kier alpha value is -2.31. The fourth-order valence-electron chi connectivity index (χ4n) is 1.11. The van der Waals surface area contributed by atoms with Gasteiger partial charge in [-0.3, -0.25) is 10.1 Å². The van der Waals surface area contributed by atoms with Crippen LogP contribution in [0.4, 0.5) is 16.2 Å². The normalized spacial score (nSPS) is 9.62. The van der Waals surface area contributed by atoms with Crippen LogP contribution >= 0.6 is 0 Å². The second kappa shape index (κ2) is 4.47. The first-order valence-corrected chi connectivity index (χ1v) is 4.39. The van der Waals surface area contributed by atoms with E-state index in [1.54, 1.807) is 6.92 Å². The number of ether oxygens (including phenoxy) is 1. The Kier molecular flexibility index (Phi) is 3.29. The van der Waals surface area contributed by atoms with Crippen molar-refractivity contribution in [2.24, 2.45) is 0 Å². The molecule has 0 aliphatic rings. The molecule has 0 fully saturated rings. The van der Waals surface area contributed by atoms with Crippen molar-refractivity contribution in [2.45, 2.75) is 6.92 Å². The molecular formula is C9H11N3O4. The highest BCUT2D eigenvalue weighted by Gasteiger charge is 2.16. The van der Waals surface area contributed by atoms with Crippen molar-refractivity contribution in [2.75, 3.05) is 12.8 Å². The highest BCUT2D eigenvalue weighted by atomic mass is 16.6. The standard InChI is InChI=1S/C9H11N3O4/c1-5-3-7(12(14)15)6(10)4-8(5)16-9(13)11-2/h3-4H,10H2,1-2H3,(H,11,13). The number of hydrogen-bond acceptors (Lipinski definition) is 5. The Labute approximate surface area is 91.3 Å². The van der Waals surface area contributed by atoms with Gasteiger partial charge in [0, 0.05) is 19.2 Å². The minimum Gasteiger partial charge on any atom is -0.410 e. The second-order valence-electron chi connectivity index (χ2n) is 3.07. The van der Waals surface area contributed by atoms with Crippen LogP contribution in [0.25, 0.3) is 0 Å². The van der Waals surface area contributed by atoms with Gasteiger partial charge < -0.3 is 15.8 Å². The number of benzene rings is 1. The Morgan fingerprint density at radius 1 is 1.56 bits per heavy atom. The van der Waals surface area contributed by atoms with Gasteiger partial charge in [-0.2, -0.15) is 0 Å². The summed E-state index contributed by atoms with van der Waals surface area (Å²) < 4.78 is 4.86. The molecule has 0 heterocycles. The van der Waals surface area contributed by atoms with E-state index in [9.17, 15) is 14.9 Å². The zero-order valence-corrected chi connectivity index (χ0v) is 8.81. The van der Waals surface area contributed by atoms with Gasteiger partial charge in [-0.05, 0) is 12.5 Å². The van der Waals surface area contributed by atoms with E-state index < -0.39 is 11.0 Å². The van der Waals surface area contributed by atoms with Crippen molar-refractivity contribution in [3.63, 3.8) is 0 Å². The predicted molar refractivity (Wildman–Crippen MR) is 57.3 cm³/mol. The van der Waals surface area contributed by atoms with E-state index in [1.807, 2.05) is 0 Å². The Bertz CT molecular complexity index is 445. The molecular weight excluding hydrogens is 214 g/mol. The summed E-state index contributed by atoms with van der Waals surface area (Å²) in [6.07, 6.45) is -0.656. The van der Waals surface area contributed by atoms with E-state index in [0.29, 0.717) is 5.56 Å². The molecule has 0 bridgehead atoms. The molecule has 3 N–H and O–H groups in total. The van der Waals surface area contributed by atoms with Gasteiger partial charge in [0.05, 0.1) is 4.92 Å². The lowest BCUT2D eigenvalue weighted by molar-refractivity contribution is -0.384. The van der Waals surface area contributed by atoms with E-state index >= 15 is 0 Å². The number of nitrogens with zero attached hydrogens (tertiary/aromatic N) is 1. The van der Waals surface area contributed by atoms with Gasteiger partial charge >= 0.3 is 6.09 Å². The maximum absolute atomic E-state index is 11.0. The van der Waals surface area contributed by atoms with Crippen LogP contribution in [0.2, 0.25) is 0 Å². The average molecular weight is 225 g/mol. The summed E-state index contributed by atoms with van der Waals surface area (Å²) >= 11 is 0. The summed E-state index contributed by atoms with van der Waals surface area (Å²) in [6.45, 7) is 1.59. The largest absolute Gasteiger partial charge is 0.412 e. The molecule has 0 aliphatic carbocycles. The summed E-state index contributed by atoms with van der Waals surface area (Å²) in [5, 5.41) is 12.8. The molecule has 7 nitrogen and oxygen atoms in total. The molecule has 1 amide bonds. The number of nitrogens with one attached hydrogen (secondary N) is 1. The first kappa shape index (κ1) is 11.8. The predicted octanol–water partition coefficient (Wildman–Crippen LogP) is 1.20. The molecule has 0 aromatic heterocycles. The van der Waals surface area contributed by atoms with Gasteiger partial charge in [0.2, 0.25) is 0 Å². The lowest BCUT2D eigenvalue weighted by Crippen LogP contribution is -2.22. The van der Waals surface area contributed by atoms with E-state index in [4.69, 9.17) is 10.5 Å². The number of nitro benzene ring substituents is 1. The highest BCUT2D eigenvalue weighted by Crippen LogP contribution is 2.30.